The summed E-state index contributed by atoms with van der Waals surface area (Å²) in [4.78, 5) is 11.9. The SMILES string of the molecule is O=C1CC(c2c(F)cccc2Cl)c2c(n[nH]c2C2=CC=C2)N1. The van der Waals surface area contributed by atoms with E-state index in [0.717, 1.165) is 16.8 Å². The Morgan fingerprint density at radius 2 is 2.14 bits per heavy atom. The highest BCUT2D eigenvalue weighted by atomic mass is 35.5. The summed E-state index contributed by atoms with van der Waals surface area (Å²) in [6.45, 7) is 0. The van der Waals surface area contributed by atoms with Gasteiger partial charge in [0.15, 0.2) is 5.82 Å². The summed E-state index contributed by atoms with van der Waals surface area (Å²) < 4.78 is 14.3. The molecule has 1 amide bonds. The number of hydrogen-bond donors (Lipinski definition) is 2. The van der Waals surface area contributed by atoms with Crippen molar-refractivity contribution < 1.29 is 9.18 Å². The average Bonchev–Trinajstić information content (AvgIpc) is 2.80. The predicted molar refractivity (Wildman–Crippen MR) is 82.2 cm³/mol. The summed E-state index contributed by atoms with van der Waals surface area (Å²) in [7, 11) is 0. The van der Waals surface area contributed by atoms with Crippen molar-refractivity contribution in [2.75, 3.05) is 5.32 Å². The number of amides is 1. The van der Waals surface area contributed by atoms with Gasteiger partial charge >= 0.3 is 0 Å². The molecule has 2 heterocycles. The molecule has 4 rings (SSSR count). The molecule has 2 aliphatic rings. The second kappa shape index (κ2) is 4.81. The smallest absolute Gasteiger partial charge is 0.226 e. The van der Waals surface area contributed by atoms with Crippen LogP contribution in [0.3, 0.4) is 0 Å². The molecule has 0 saturated heterocycles. The first-order valence-electron chi connectivity index (χ1n) is 6.86. The van der Waals surface area contributed by atoms with Crippen LogP contribution in [0.4, 0.5) is 10.2 Å². The maximum absolute atomic E-state index is 14.3. The van der Waals surface area contributed by atoms with Crippen LogP contribution in [-0.4, -0.2) is 16.1 Å². The number of nitrogens with zero attached hydrogens (tertiary/aromatic N) is 1. The minimum atomic E-state index is -0.457. The van der Waals surface area contributed by atoms with Crippen molar-refractivity contribution >= 4 is 28.9 Å². The van der Waals surface area contributed by atoms with Crippen LogP contribution in [0.1, 0.15) is 29.2 Å². The van der Waals surface area contributed by atoms with Gasteiger partial charge in [0.05, 0.1) is 5.69 Å². The van der Waals surface area contributed by atoms with Gasteiger partial charge < -0.3 is 5.32 Å². The lowest BCUT2D eigenvalue weighted by Crippen LogP contribution is -2.24. The topological polar surface area (TPSA) is 57.8 Å². The first kappa shape index (κ1) is 13.3. The van der Waals surface area contributed by atoms with Crippen LogP contribution < -0.4 is 5.32 Å². The van der Waals surface area contributed by atoms with Gasteiger partial charge in [-0.2, -0.15) is 5.10 Å². The highest BCUT2D eigenvalue weighted by Gasteiger charge is 2.35. The van der Waals surface area contributed by atoms with E-state index in [4.69, 9.17) is 11.6 Å². The molecule has 0 radical (unpaired) electrons. The number of aromatic nitrogens is 2. The number of hydrogen-bond acceptors (Lipinski definition) is 2. The number of fused-ring (bicyclic) bond motifs is 1. The van der Waals surface area contributed by atoms with Crippen molar-refractivity contribution in [2.24, 2.45) is 0 Å². The Balaban J connectivity index is 1.92. The largest absolute Gasteiger partial charge is 0.309 e. The molecule has 0 bridgehead atoms. The molecule has 4 nitrogen and oxygen atoms in total. The highest BCUT2D eigenvalue weighted by molar-refractivity contribution is 6.31. The predicted octanol–water partition coefficient (Wildman–Crippen LogP) is 3.63. The number of halogens is 2. The van der Waals surface area contributed by atoms with Crippen LogP contribution in [0.25, 0.3) is 5.57 Å². The molecule has 1 aliphatic heterocycles. The van der Waals surface area contributed by atoms with E-state index >= 15 is 0 Å². The van der Waals surface area contributed by atoms with E-state index in [1.807, 2.05) is 18.2 Å². The van der Waals surface area contributed by atoms with Crippen LogP contribution in [-0.2, 0) is 4.79 Å². The quantitative estimate of drug-likeness (QED) is 0.889. The molecule has 6 heteroatoms. The lowest BCUT2D eigenvalue weighted by molar-refractivity contribution is -0.116. The molecule has 1 unspecified atom stereocenters. The average molecular weight is 316 g/mol. The maximum Gasteiger partial charge on any atom is 0.226 e. The Morgan fingerprint density at radius 1 is 1.32 bits per heavy atom. The molecular formula is C16H11ClFN3O. The van der Waals surface area contributed by atoms with Crippen molar-refractivity contribution in [3.05, 3.63) is 64.1 Å². The molecular weight excluding hydrogens is 305 g/mol. The third kappa shape index (κ3) is 1.89. The summed E-state index contributed by atoms with van der Waals surface area (Å²) >= 11 is 6.19. The number of anilines is 1. The number of allylic oxidation sites excluding steroid dienone is 4. The Kier molecular flexibility index (Phi) is 2.90. The number of carbonyl (C=O) groups excluding carboxylic acids is 1. The zero-order valence-corrected chi connectivity index (χ0v) is 12.1. The van der Waals surface area contributed by atoms with Crippen LogP contribution >= 0.6 is 11.6 Å². The summed E-state index contributed by atoms with van der Waals surface area (Å²) in [5.41, 5.74) is 2.89. The minimum Gasteiger partial charge on any atom is -0.309 e. The van der Waals surface area contributed by atoms with Gasteiger partial charge in [-0.1, -0.05) is 35.9 Å². The second-order valence-electron chi connectivity index (χ2n) is 5.28. The number of benzene rings is 1. The summed E-state index contributed by atoms with van der Waals surface area (Å²) in [5, 5.41) is 10.1. The third-order valence-electron chi connectivity index (χ3n) is 3.99. The standard InChI is InChI=1S/C16H11ClFN3O/c17-10-5-2-6-11(18)13(10)9-7-12(22)19-16-14(9)15(20-21-16)8-3-1-4-8/h1-6,9H,7H2,(H2,19,20,21,22). The number of H-pyrrole nitrogens is 1. The summed E-state index contributed by atoms with van der Waals surface area (Å²) in [6.07, 6.45) is 5.92. The lowest BCUT2D eigenvalue weighted by atomic mass is 9.83. The number of rotatable bonds is 2. The number of nitrogens with one attached hydrogen (secondary N) is 2. The zero-order chi connectivity index (χ0) is 15.3. The Bertz CT molecular complexity index is 833. The lowest BCUT2D eigenvalue weighted by Gasteiger charge is -2.25. The highest BCUT2D eigenvalue weighted by Crippen LogP contribution is 2.44. The van der Waals surface area contributed by atoms with E-state index in [0.29, 0.717) is 16.4 Å². The molecule has 1 aromatic carbocycles. The van der Waals surface area contributed by atoms with Crippen LogP contribution in [0.15, 0.2) is 36.4 Å². The molecule has 2 N–H and O–H groups in total. The molecule has 110 valence electrons. The van der Waals surface area contributed by atoms with E-state index in [9.17, 15) is 9.18 Å². The molecule has 22 heavy (non-hydrogen) atoms. The second-order valence-corrected chi connectivity index (χ2v) is 5.69. The third-order valence-corrected chi connectivity index (χ3v) is 4.32. The Labute approximate surface area is 130 Å². The fourth-order valence-electron chi connectivity index (χ4n) is 2.92. The van der Waals surface area contributed by atoms with Gasteiger partial charge in [0.25, 0.3) is 0 Å². The molecule has 1 aliphatic carbocycles. The number of aromatic amines is 1. The van der Waals surface area contributed by atoms with Gasteiger partial charge in [0.2, 0.25) is 5.91 Å². The van der Waals surface area contributed by atoms with Crippen molar-refractivity contribution in [3.8, 4) is 0 Å². The summed E-state index contributed by atoms with van der Waals surface area (Å²) in [5.74, 6) is -0.630. The molecule has 0 saturated carbocycles. The van der Waals surface area contributed by atoms with Gasteiger partial charge in [-0.05, 0) is 17.7 Å². The van der Waals surface area contributed by atoms with Gasteiger partial charge in [-0.15, -0.1) is 0 Å². The first-order chi connectivity index (χ1) is 10.6. The molecule has 0 fully saturated rings. The zero-order valence-electron chi connectivity index (χ0n) is 11.4. The van der Waals surface area contributed by atoms with Gasteiger partial charge in [-0.3, -0.25) is 9.89 Å². The molecule has 1 atom stereocenters. The van der Waals surface area contributed by atoms with Crippen molar-refractivity contribution in [1.29, 1.82) is 0 Å². The first-order valence-corrected chi connectivity index (χ1v) is 7.23. The molecule has 0 spiro atoms. The monoisotopic (exact) mass is 315 g/mol. The maximum atomic E-state index is 14.3. The van der Waals surface area contributed by atoms with Gasteiger partial charge in [-0.25, -0.2) is 4.39 Å². The van der Waals surface area contributed by atoms with Crippen molar-refractivity contribution in [3.63, 3.8) is 0 Å². The van der Waals surface area contributed by atoms with E-state index < -0.39 is 11.7 Å². The van der Waals surface area contributed by atoms with Crippen LogP contribution in [0.2, 0.25) is 5.02 Å². The van der Waals surface area contributed by atoms with Crippen LogP contribution in [0.5, 0.6) is 0 Å². The molecule has 1 aromatic heterocycles. The van der Waals surface area contributed by atoms with E-state index in [-0.39, 0.29) is 12.3 Å². The van der Waals surface area contributed by atoms with E-state index in [1.54, 1.807) is 12.1 Å². The fraction of sp³-hybridized carbons (Fsp3) is 0.125. The van der Waals surface area contributed by atoms with Crippen molar-refractivity contribution in [1.82, 2.24) is 10.2 Å². The van der Waals surface area contributed by atoms with Gasteiger partial charge in [0, 0.05) is 28.5 Å². The summed E-state index contributed by atoms with van der Waals surface area (Å²) in [6, 6.07) is 4.54. The van der Waals surface area contributed by atoms with Crippen LogP contribution in [0, 0.1) is 5.82 Å². The number of carbonyl (C=O) groups is 1. The Morgan fingerprint density at radius 3 is 2.82 bits per heavy atom. The van der Waals surface area contributed by atoms with Crippen molar-refractivity contribution in [2.45, 2.75) is 12.3 Å². The van der Waals surface area contributed by atoms with E-state index in [1.165, 1.54) is 6.07 Å². The Hall–Kier alpha value is -2.40. The molecule has 2 aromatic rings. The fourth-order valence-corrected chi connectivity index (χ4v) is 3.22. The normalized spacial score (nSPS) is 19.3. The van der Waals surface area contributed by atoms with E-state index in [2.05, 4.69) is 15.5 Å². The minimum absolute atomic E-state index is 0.136. The van der Waals surface area contributed by atoms with Gasteiger partial charge in [0.1, 0.15) is 5.82 Å².